The largest absolute Gasteiger partial charge is 0.462 e. The van der Waals surface area contributed by atoms with Crippen LogP contribution in [-0.2, 0) is 61.8 Å². The Labute approximate surface area is 348 Å². The molecule has 59 heavy (non-hydrogen) atoms. The number of rotatable bonds is 12. The van der Waals surface area contributed by atoms with E-state index in [9.17, 15) is 34.5 Å². The zero-order valence-corrected chi connectivity index (χ0v) is 36.5. The van der Waals surface area contributed by atoms with Gasteiger partial charge in [0.05, 0.1) is 43.0 Å². The van der Waals surface area contributed by atoms with Crippen LogP contribution in [0.5, 0.6) is 0 Å². The highest BCUT2D eigenvalue weighted by atomic mass is 16.7. The van der Waals surface area contributed by atoms with Gasteiger partial charge in [-0.2, -0.15) is 0 Å². The van der Waals surface area contributed by atoms with Crippen LogP contribution in [0, 0.1) is 17.8 Å². The predicted octanol–water partition coefficient (Wildman–Crippen LogP) is 2.22. The number of aliphatic hydroxyl groups excluding tert-OH is 2. The molecule has 0 saturated carbocycles. The summed E-state index contributed by atoms with van der Waals surface area (Å²) in [4.78, 5) is 52.5. The first-order chi connectivity index (χ1) is 27.6. The molecule has 17 heteroatoms. The number of aliphatic hydroxyl groups is 3. The van der Waals surface area contributed by atoms with Crippen molar-refractivity contribution in [2.75, 3.05) is 21.2 Å². The number of nitrogens with zero attached hydrogens (tertiary/aromatic N) is 1. The Hall–Kier alpha value is -2.58. The van der Waals surface area contributed by atoms with Gasteiger partial charge in [0, 0.05) is 39.7 Å². The maximum absolute atomic E-state index is 13.3. The second kappa shape index (κ2) is 21.5. The fourth-order valence-corrected chi connectivity index (χ4v) is 8.62. The SMILES string of the molecule is COC1C(OC(C)=O)CC(=O)OC(C)CC2OC2/C=C/C(O)C(C)CC(CC=O)C1OC1OC(C)C(OC2CC(C)(O)C(OC(=O)CC(C)C)C(C)O2)C(N(C)C)C1O. The number of ether oxygens (including phenoxy) is 9. The summed E-state index contributed by atoms with van der Waals surface area (Å²) in [6.07, 6.45) is -8.10. The molecule has 0 aromatic rings. The highest BCUT2D eigenvalue weighted by molar-refractivity contribution is 5.72. The molecule has 0 aromatic carbocycles. The minimum atomic E-state index is -1.50. The van der Waals surface area contributed by atoms with Crippen LogP contribution in [0.1, 0.15) is 93.9 Å². The van der Waals surface area contributed by atoms with Crippen molar-refractivity contribution in [1.82, 2.24) is 4.90 Å². The average Bonchev–Trinajstić information content (AvgIpc) is 3.85. The van der Waals surface area contributed by atoms with Gasteiger partial charge in [-0.25, -0.2) is 0 Å². The third-order valence-corrected chi connectivity index (χ3v) is 11.6. The van der Waals surface area contributed by atoms with Gasteiger partial charge in [0.2, 0.25) is 0 Å². The van der Waals surface area contributed by atoms with E-state index in [2.05, 4.69) is 0 Å². The summed E-state index contributed by atoms with van der Waals surface area (Å²) in [7, 11) is 4.85. The predicted molar refractivity (Wildman–Crippen MR) is 209 cm³/mol. The summed E-state index contributed by atoms with van der Waals surface area (Å²) in [6.45, 7) is 13.5. The van der Waals surface area contributed by atoms with Gasteiger partial charge in [0.15, 0.2) is 18.7 Å². The number of cyclic esters (lactones) is 1. The number of carbonyl (C=O) groups excluding carboxylic acids is 4. The summed E-state index contributed by atoms with van der Waals surface area (Å²) in [5.41, 5.74) is -1.50. The van der Waals surface area contributed by atoms with Crippen molar-refractivity contribution >= 4 is 24.2 Å². The molecule has 0 radical (unpaired) electrons. The number of aldehydes is 1. The average molecular weight is 844 g/mol. The van der Waals surface area contributed by atoms with E-state index in [4.69, 9.17) is 42.6 Å². The second-order valence-corrected chi connectivity index (χ2v) is 17.7. The molecule has 4 aliphatic rings. The van der Waals surface area contributed by atoms with Crippen molar-refractivity contribution in [1.29, 1.82) is 0 Å². The van der Waals surface area contributed by atoms with E-state index in [1.165, 1.54) is 14.0 Å². The third-order valence-electron chi connectivity index (χ3n) is 11.6. The third kappa shape index (κ3) is 13.5. The van der Waals surface area contributed by atoms with Crippen molar-refractivity contribution in [3.05, 3.63) is 12.2 Å². The van der Waals surface area contributed by atoms with Crippen LogP contribution in [0.15, 0.2) is 12.2 Å². The van der Waals surface area contributed by atoms with Gasteiger partial charge in [0.1, 0.15) is 48.5 Å². The monoisotopic (exact) mass is 843 g/mol. The van der Waals surface area contributed by atoms with Crippen molar-refractivity contribution in [3.63, 3.8) is 0 Å². The number of esters is 3. The van der Waals surface area contributed by atoms with Crippen molar-refractivity contribution in [2.24, 2.45) is 17.8 Å². The Kier molecular flexibility index (Phi) is 17.9. The van der Waals surface area contributed by atoms with Crippen LogP contribution >= 0.6 is 0 Å². The summed E-state index contributed by atoms with van der Waals surface area (Å²) in [5.74, 6) is -2.85. The Morgan fingerprint density at radius 1 is 0.983 bits per heavy atom. The summed E-state index contributed by atoms with van der Waals surface area (Å²) < 4.78 is 54.4. The van der Waals surface area contributed by atoms with Crippen LogP contribution in [0.4, 0.5) is 0 Å². The molecule has 3 saturated heterocycles. The normalized spacial score (nSPS) is 43.0. The van der Waals surface area contributed by atoms with Gasteiger partial charge >= 0.3 is 17.9 Å². The fourth-order valence-electron chi connectivity index (χ4n) is 8.62. The molecule has 0 amide bonds. The fraction of sp³-hybridized carbons (Fsp3) is 0.857. The molecule has 17 nitrogen and oxygen atoms in total. The molecule has 18 atom stereocenters. The molecule has 0 aromatic heterocycles. The number of carbonyl (C=O) groups is 4. The van der Waals surface area contributed by atoms with Crippen molar-refractivity contribution in [3.8, 4) is 0 Å². The number of epoxide rings is 1. The lowest BCUT2D eigenvalue weighted by Crippen LogP contribution is -2.66. The van der Waals surface area contributed by atoms with Gasteiger partial charge < -0.3 is 67.6 Å². The van der Waals surface area contributed by atoms with Gasteiger partial charge in [-0.1, -0.05) is 32.9 Å². The summed E-state index contributed by atoms with van der Waals surface area (Å²) in [6, 6.07) is -0.786. The van der Waals surface area contributed by atoms with Crippen LogP contribution in [0.3, 0.4) is 0 Å². The Bertz CT molecular complexity index is 1420. The maximum Gasteiger partial charge on any atom is 0.309 e. The molecule has 0 spiro atoms. The van der Waals surface area contributed by atoms with Gasteiger partial charge in [-0.05, 0) is 66.0 Å². The molecular formula is C42H69NO16. The zero-order chi connectivity index (χ0) is 43.9. The Balaban J connectivity index is 1.63. The van der Waals surface area contributed by atoms with Crippen molar-refractivity contribution < 1.29 is 77.1 Å². The van der Waals surface area contributed by atoms with Gasteiger partial charge in [0.25, 0.3) is 0 Å². The maximum atomic E-state index is 13.3. The number of hydrogen-bond acceptors (Lipinski definition) is 17. The molecule has 3 N–H and O–H groups in total. The van der Waals surface area contributed by atoms with Crippen LogP contribution in [-0.4, -0.2) is 163 Å². The number of methoxy groups -OCH3 is 1. The molecule has 18 unspecified atom stereocenters. The smallest absolute Gasteiger partial charge is 0.309 e. The molecule has 338 valence electrons. The molecular weight excluding hydrogens is 774 g/mol. The van der Waals surface area contributed by atoms with E-state index in [0.717, 1.165) is 0 Å². The lowest BCUT2D eigenvalue weighted by atomic mass is 9.82. The van der Waals surface area contributed by atoms with Crippen LogP contribution in [0.2, 0.25) is 0 Å². The Morgan fingerprint density at radius 3 is 2.27 bits per heavy atom. The second-order valence-electron chi connectivity index (χ2n) is 17.7. The first-order valence-corrected chi connectivity index (χ1v) is 20.9. The minimum Gasteiger partial charge on any atom is -0.462 e. The molecule has 4 rings (SSSR count). The quantitative estimate of drug-likeness (QED) is 0.0844. The zero-order valence-electron chi connectivity index (χ0n) is 36.5. The Morgan fingerprint density at radius 2 is 1.68 bits per heavy atom. The number of likely N-dealkylation sites (N-methyl/N-ethyl adjacent to an activating group) is 1. The molecule has 0 bridgehead atoms. The van der Waals surface area contributed by atoms with Crippen molar-refractivity contribution in [2.45, 2.75) is 191 Å². The van der Waals surface area contributed by atoms with E-state index < -0.39 is 121 Å². The molecule has 0 aliphatic carbocycles. The molecule has 4 heterocycles. The lowest BCUT2D eigenvalue weighted by Gasteiger charge is -2.50. The van der Waals surface area contributed by atoms with Crippen LogP contribution < -0.4 is 0 Å². The highest BCUT2D eigenvalue weighted by Crippen LogP contribution is 2.38. The number of fused-ring (bicyclic) bond motifs is 1. The standard InChI is InChI=1S/C42H69NO16/c1-21(2)16-32(47)57-40-25(6)53-34(20-42(40,8)50)58-37-24(5)54-41(36(49)35(37)43(9)10)59-38-27(14-15-44)17-22(3)28(46)12-13-29-30(56-29)18-23(4)52-33(48)19-31(39(38)51-11)55-26(7)45/h12-13,15,21-25,27-31,34-41,46,49-50H,14,16-20H2,1-11H3/b13-12+. The van der Waals surface area contributed by atoms with Gasteiger partial charge in [-0.15, -0.1) is 0 Å². The molecule has 4 aliphatic heterocycles. The van der Waals surface area contributed by atoms with E-state index in [1.807, 2.05) is 20.8 Å². The minimum absolute atomic E-state index is 0.0481. The lowest BCUT2D eigenvalue weighted by molar-refractivity contribution is -0.344. The van der Waals surface area contributed by atoms with Gasteiger partial charge in [-0.3, -0.25) is 14.4 Å². The topological polar surface area (TPSA) is 219 Å². The summed E-state index contributed by atoms with van der Waals surface area (Å²) in [5, 5.41) is 34.8. The van der Waals surface area contributed by atoms with E-state index in [0.29, 0.717) is 12.7 Å². The number of hydrogen-bond donors (Lipinski definition) is 3. The highest BCUT2D eigenvalue weighted by Gasteiger charge is 2.53. The summed E-state index contributed by atoms with van der Waals surface area (Å²) >= 11 is 0. The first kappa shape index (κ1) is 49.1. The van der Waals surface area contributed by atoms with Crippen LogP contribution in [0.25, 0.3) is 0 Å². The first-order valence-electron chi connectivity index (χ1n) is 20.9. The van der Waals surface area contributed by atoms with E-state index in [1.54, 1.807) is 58.8 Å². The molecule has 3 fully saturated rings. The van der Waals surface area contributed by atoms with E-state index >= 15 is 0 Å². The van der Waals surface area contributed by atoms with E-state index in [-0.39, 0.29) is 43.8 Å².